The number of rotatable bonds is 6. The molecule has 0 aliphatic carbocycles. The molecule has 2 fully saturated rings. The summed E-state index contributed by atoms with van der Waals surface area (Å²) in [7, 11) is 1.36. The number of nitro groups is 1. The Morgan fingerprint density at radius 3 is 2.65 bits per heavy atom. The Morgan fingerprint density at radius 2 is 1.94 bits per heavy atom. The van der Waals surface area contributed by atoms with Gasteiger partial charge in [-0.05, 0) is 30.6 Å². The lowest BCUT2D eigenvalue weighted by Gasteiger charge is -2.29. The van der Waals surface area contributed by atoms with Crippen LogP contribution in [-0.2, 0) is 19.9 Å². The van der Waals surface area contributed by atoms with Crippen LogP contribution in [0.3, 0.4) is 0 Å². The number of carbonyl (C=O) groups is 3. The van der Waals surface area contributed by atoms with Gasteiger partial charge in [0.2, 0.25) is 17.7 Å². The molecule has 2 aromatic rings. The summed E-state index contributed by atoms with van der Waals surface area (Å²) in [5.41, 5.74) is -0.456. The molecule has 4 atom stereocenters. The van der Waals surface area contributed by atoms with Gasteiger partial charge in [0.15, 0.2) is 0 Å². The third-order valence-electron chi connectivity index (χ3n) is 6.87. The van der Waals surface area contributed by atoms with E-state index in [4.69, 9.17) is 4.74 Å². The van der Waals surface area contributed by atoms with Gasteiger partial charge in [0.05, 0.1) is 23.9 Å². The smallest absolute Gasteiger partial charge is 0.271 e. The second kappa shape index (κ2) is 8.10. The Balaban J connectivity index is 1.67. The average molecular weight is 483 g/mol. The highest BCUT2D eigenvalue weighted by Crippen LogP contribution is 2.54. The monoisotopic (exact) mass is 482 g/mol. The van der Waals surface area contributed by atoms with Gasteiger partial charge in [0.25, 0.3) is 5.69 Å². The number of anilines is 2. The molecule has 11 heteroatoms. The fraction of sp³-hybridized carbons (Fsp3) is 0.348. The highest BCUT2D eigenvalue weighted by atomic mass is 32.2. The molecule has 10 nitrogen and oxygen atoms in total. The fourth-order valence-corrected chi connectivity index (χ4v) is 5.95. The van der Waals surface area contributed by atoms with Crippen LogP contribution in [-0.4, -0.2) is 47.8 Å². The van der Waals surface area contributed by atoms with Gasteiger partial charge in [-0.25, -0.2) is 4.90 Å². The second-order valence-electron chi connectivity index (χ2n) is 8.47. The normalized spacial score (nSPS) is 27.2. The number of nitro benzene ring substituents is 1. The van der Waals surface area contributed by atoms with Crippen LogP contribution in [0.25, 0.3) is 0 Å². The third kappa shape index (κ3) is 2.96. The molecule has 2 aromatic carbocycles. The van der Waals surface area contributed by atoms with Gasteiger partial charge < -0.3 is 10.1 Å². The van der Waals surface area contributed by atoms with E-state index in [-0.39, 0.29) is 23.0 Å². The first-order valence-electron chi connectivity index (χ1n) is 10.7. The Morgan fingerprint density at radius 1 is 1.18 bits per heavy atom. The summed E-state index contributed by atoms with van der Waals surface area (Å²) in [5.74, 6) is -2.39. The van der Waals surface area contributed by atoms with E-state index in [2.05, 4.69) is 10.6 Å². The molecule has 2 saturated heterocycles. The van der Waals surface area contributed by atoms with E-state index in [1.54, 1.807) is 36.0 Å². The standard InChI is InChI=1S/C23H22N4O6S/c1-33-17-8-7-12(27(31)32)11-16(17)26-20(28)18-15(9-10-34-2)25-23(19(18)21(26)29)13-5-3-4-6-14(13)24-22(23)30/h3-8,11,15,18-19,25H,9-10H2,1-2H3,(H,24,30)/t15-,18-,19+,23-/m1/s1. The summed E-state index contributed by atoms with van der Waals surface area (Å²) in [5, 5.41) is 17.6. The van der Waals surface area contributed by atoms with Gasteiger partial charge >= 0.3 is 0 Å². The molecule has 0 saturated carbocycles. The van der Waals surface area contributed by atoms with Crippen LogP contribution in [0.1, 0.15) is 12.0 Å². The first-order valence-corrected chi connectivity index (χ1v) is 12.1. The number of para-hydroxylation sites is 1. The maximum Gasteiger partial charge on any atom is 0.271 e. The van der Waals surface area contributed by atoms with Crippen molar-refractivity contribution in [2.45, 2.75) is 18.0 Å². The van der Waals surface area contributed by atoms with Gasteiger partial charge in [0.1, 0.15) is 17.0 Å². The maximum absolute atomic E-state index is 13.9. The highest BCUT2D eigenvalue weighted by Gasteiger charge is 2.70. The van der Waals surface area contributed by atoms with Crippen LogP contribution in [0.2, 0.25) is 0 Å². The minimum Gasteiger partial charge on any atom is -0.495 e. The SMILES string of the molecule is COc1ccc([N+](=O)[O-])cc1N1C(=O)[C@H]2[C@@H](C1=O)[C@@]1(N[C@@H]2CCSC)C(=O)Nc2ccccc21. The summed E-state index contributed by atoms with van der Waals surface area (Å²) < 4.78 is 5.33. The number of ether oxygens (including phenoxy) is 1. The van der Waals surface area contributed by atoms with Gasteiger partial charge in [-0.15, -0.1) is 0 Å². The quantitative estimate of drug-likeness (QED) is 0.364. The Hall–Kier alpha value is -3.44. The number of nitrogens with one attached hydrogen (secondary N) is 2. The molecule has 0 unspecified atom stereocenters. The molecule has 3 amide bonds. The van der Waals surface area contributed by atoms with Gasteiger partial charge in [-0.2, -0.15) is 11.8 Å². The summed E-state index contributed by atoms with van der Waals surface area (Å²) in [6.45, 7) is 0. The molecule has 3 aliphatic heterocycles. The van der Waals surface area contributed by atoms with E-state index >= 15 is 0 Å². The van der Waals surface area contributed by atoms with Gasteiger partial charge in [0, 0.05) is 29.4 Å². The van der Waals surface area contributed by atoms with E-state index in [9.17, 15) is 24.5 Å². The van der Waals surface area contributed by atoms with Crippen molar-refractivity contribution < 1.29 is 24.0 Å². The number of nitrogens with zero attached hydrogens (tertiary/aromatic N) is 2. The minimum absolute atomic E-state index is 0.00607. The molecule has 0 aromatic heterocycles. The second-order valence-corrected chi connectivity index (χ2v) is 9.45. The number of methoxy groups -OCH3 is 1. The van der Waals surface area contributed by atoms with E-state index in [1.807, 2.05) is 6.26 Å². The molecule has 5 rings (SSSR count). The van der Waals surface area contributed by atoms with E-state index < -0.39 is 40.2 Å². The number of carbonyl (C=O) groups excluding carboxylic acids is 3. The lowest BCUT2D eigenvalue weighted by atomic mass is 9.76. The molecule has 3 heterocycles. The number of fused-ring (bicyclic) bond motifs is 4. The van der Waals surface area contributed by atoms with Gasteiger partial charge in [-0.3, -0.25) is 29.8 Å². The highest BCUT2D eigenvalue weighted by molar-refractivity contribution is 7.98. The van der Waals surface area contributed by atoms with Crippen molar-refractivity contribution in [2.75, 3.05) is 29.3 Å². The Bertz CT molecular complexity index is 1240. The number of hydrogen-bond acceptors (Lipinski definition) is 8. The van der Waals surface area contributed by atoms with E-state index in [1.165, 1.54) is 19.2 Å². The van der Waals surface area contributed by atoms with Crippen molar-refractivity contribution in [1.29, 1.82) is 0 Å². The number of hydrogen-bond donors (Lipinski definition) is 2. The van der Waals surface area contributed by atoms with Crippen molar-refractivity contribution in [3.63, 3.8) is 0 Å². The lowest BCUT2D eigenvalue weighted by molar-refractivity contribution is -0.384. The van der Waals surface area contributed by atoms with Crippen molar-refractivity contribution in [2.24, 2.45) is 11.8 Å². The summed E-state index contributed by atoms with van der Waals surface area (Å²) in [6, 6.07) is 10.5. The molecule has 0 bridgehead atoms. The van der Waals surface area contributed by atoms with Crippen LogP contribution in [0.15, 0.2) is 42.5 Å². The molecule has 0 radical (unpaired) electrons. The van der Waals surface area contributed by atoms with Crippen LogP contribution in [0.5, 0.6) is 5.75 Å². The number of non-ortho nitro benzene ring substituents is 1. The topological polar surface area (TPSA) is 131 Å². The van der Waals surface area contributed by atoms with Crippen LogP contribution < -0.4 is 20.3 Å². The number of amides is 3. The molecule has 1 spiro atoms. The zero-order valence-electron chi connectivity index (χ0n) is 18.4. The predicted octanol–water partition coefficient (Wildman–Crippen LogP) is 2.28. The number of thioether (sulfide) groups is 1. The van der Waals surface area contributed by atoms with E-state index in [0.29, 0.717) is 17.7 Å². The maximum atomic E-state index is 13.9. The van der Waals surface area contributed by atoms with Crippen molar-refractivity contribution in [1.82, 2.24) is 5.32 Å². The zero-order chi connectivity index (χ0) is 24.2. The Labute approximate surface area is 199 Å². The summed E-state index contributed by atoms with van der Waals surface area (Å²) in [4.78, 5) is 52.9. The lowest BCUT2D eigenvalue weighted by Crippen LogP contribution is -2.53. The zero-order valence-corrected chi connectivity index (χ0v) is 19.3. The molecule has 176 valence electrons. The third-order valence-corrected chi connectivity index (χ3v) is 7.51. The average Bonchev–Trinajstić information content (AvgIpc) is 3.41. The summed E-state index contributed by atoms with van der Waals surface area (Å²) >= 11 is 1.61. The van der Waals surface area contributed by atoms with Gasteiger partial charge in [-0.1, -0.05) is 18.2 Å². The van der Waals surface area contributed by atoms with Crippen LogP contribution in [0.4, 0.5) is 17.1 Å². The molecule has 2 N–H and O–H groups in total. The molecule has 3 aliphatic rings. The van der Waals surface area contributed by atoms with E-state index in [0.717, 1.165) is 16.7 Å². The first kappa shape index (κ1) is 22.4. The van der Waals surface area contributed by atoms with Crippen LogP contribution in [0, 0.1) is 22.0 Å². The number of imide groups is 1. The molecular formula is C23H22N4O6S. The summed E-state index contributed by atoms with van der Waals surface area (Å²) in [6.07, 6.45) is 2.51. The van der Waals surface area contributed by atoms with Crippen LogP contribution >= 0.6 is 11.8 Å². The van der Waals surface area contributed by atoms with Crippen molar-refractivity contribution in [3.8, 4) is 5.75 Å². The largest absolute Gasteiger partial charge is 0.495 e. The molecule has 34 heavy (non-hydrogen) atoms. The van der Waals surface area contributed by atoms with Crippen molar-refractivity contribution >= 4 is 46.5 Å². The predicted molar refractivity (Wildman–Crippen MR) is 126 cm³/mol. The number of benzene rings is 2. The van der Waals surface area contributed by atoms with Crippen molar-refractivity contribution in [3.05, 3.63) is 58.1 Å². The fourth-order valence-electron chi connectivity index (χ4n) is 5.46. The Kier molecular flexibility index (Phi) is 5.33. The minimum atomic E-state index is -1.40. The first-order chi connectivity index (χ1) is 16.3. The molecular weight excluding hydrogens is 460 g/mol.